The largest absolute Gasteiger partial charge is 0.335 e. The zero-order chi connectivity index (χ0) is 16.4. The van der Waals surface area contributed by atoms with Crippen LogP contribution in [-0.4, -0.2) is 40.1 Å². The molecule has 1 saturated heterocycles. The van der Waals surface area contributed by atoms with Crippen molar-refractivity contribution in [2.75, 3.05) is 13.1 Å². The summed E-state index contributed by atoms with van der Waals surface area (Å²) >= 11 is 0. The lowest BCUT2D eigenvalue weighted by molar-refractivity contribution is -0.137. The molecular formula is C19H24N4O. The lowest BCUT2D eigenvalue weighted by atomic mass is 9.97. The first-order chi connectivity index (χ1) is 11.8. The average Bonchev–Trinajstić information content (AvgIpc) is 3.33. The number of amides is 1. The predicted octanol–water partition coefficient (Wildman–Crippen LogP) is 2.57. The van der Waals surface area contributed by atoms with Gasteiger partial charge in [0, 0.05) is 30.9 Å². The van der Waals surface area contributed by atoms with Gasteiger partial charge in [0.25, 0.3) is 0 Å². The molecule has 0 spiro atoms. The topological polar surface area (TPSA) is 61.0 Å². The number of aromatic nitrogens is 2. The van der Waals surface area contributed by atoms with Crippen molar-refractivity contribution >= 4 is 5.91 Å². The second-order valence-corrected chi connectivity index (χ2v) is 6.92. The smallest absolute Gasteiger partial charge is 0.227 e. The monoisotopic (exact) mass is 324 g/mol. The number of carbonyl (C=O) groups is 1. The van der Waals surface area contributed by atoms with E-state index in [1.807, 2.05) is 12.4 Å². The van der Waals surface area contributed by atoms with Gasteiger partial charge >= 0.3 is 0 Å². The molecule has 0 unspecified atom stereocenters. The van der Waals surface area contributed by atoms with E-state index in [1.165, 1.54) is 5.56 Å². The summed E-state index contributed by atoms with van der Waals surface area (Å²) in [5.41, 5.74) is 3.43. The van der Waals surface area contributed by atoms with Gasteiger partial charge in [-0.3, -0.25) is 9.89 Å². The quantitative estimate of drug-likeness (QED) is 0.888. The summed E-state index contributed by atoms with van der Waals surface area (Å²) in [6.45, 7) is 2.61. The van der Waals surface area contributed by atoms with Crippen LogP contribution in [0.4, 0.5) is 0 Å². The van der Waals surface area contributed by atoms with Crippen molar-refractivity contribution < 1.29 is 4.79 Å². The lowest BCUT2D eigenvalue weighted by Gasteiger charge is -2.30. The molecule has 5 nitrogen and oxygen atoms in total. The van der Waals surface area contributed by atoms with Crippen LogP contribution in [-0.2, 0) is 11.3 Å². The predicted molar refractivity (Wildman–Crippen MR) is 93.2 cm³/mol. The van der Waals surface area contributed by atoms with Gasteiger partial charge in [0.15, 0.2) is 0 Å². The molecule has 1 aliphatic heterocycles. The summed E-state index contributed by atoms with van der Waals surface area (Å²) in [6, 6.07) is 8.93. The zero-order valence-corrected chi connectivity index (χ0v) is 13.9. The van der Waals surface area contributed by atoms with Gasteiger partial charge in [-0.2, -0.15) is 5.10 Å². The van der Waals surface area contributed by atoms with Crippen LogP contribution in [0.1, 0.15) is 31.2 Å². The number of hydrogen-bond donors (Lipinski definition) is 2. The highest BCUT2D eigenvalue weighted by atomic mass is 16.2. The second kappa shape index (κ2) is 6.77. The third-order valence-corrected chi connectivity index (χ3v) is 5.06. The molecule has 0 radical (unpaired) electrons. The average molecular weight is 324 g/mol. The highest BCUT2D eigenvalue weighted by molar-refractivity contribution is 5.80. The van der Waals surface area contributed by atoms with Gasteiger partial charge in [0.05, 0.1) is 12.1 Å². The molecule has 2 N–H and O–H groups in total. The molecule has 2 heterocycles. The minimum atomic E-state index is 0.157. The maximum atomic E-state index is 12.9. The van der Waals surface area contributed by atoms with Crippen LogP contribution in [0.15, 0.2) is 36.7 Å². The van der Waals surface area contributed by atoms with Gasteiger partial charge in [-0.1, -0.05) is 24.3 Å². The molecule has 1 saturated carbocycles. The Balaban J connectivity index is 1.46. The van der Waals surface area contributed by atoms with Crippen molar-refractivity contribution in [2.24, 2.45) is 5.92 Å². The fourth-order valence-corrected chi connectivity index (χ4v) is 3.48. The number of H-pyrrole nitrogens is 1. The zero-order valence-electron chi connectivity index (χ0n) is 13.9. The lowest BCUT2D eigenvalue weighted by Crippen LogP contribution is -2.43. The van der Waals surface area contributed by atoms with Gasteiger partial charge < -0.3 is 10.2 Å². The SMILES string of the molecule is O=C([C@@H]1CCCNC1)N(Cc1ccc(-c2cn[nH]c2)cc1)C1CC1. The Kier molecular flexibility index (Phi) is 4.34. The van der Waals surface area contributed by atoms with Crippen LogP contribution in [0.5, 0.6) is 0 Å². The molecule has 2 aliphatic rings. The molecule has 1 aromatic carbocycles. The van der Waals surface area contributed by atoms with Crippen LogP contribution in [0, 0.1) is 5.92 Å². The first kappa shape index (κ1) is 15.4. The van der Waals surface area contributed by atoms with E-state index in [1.54, 1.807) is 0 Å². The molecule has 1 aromatic heterocycles. The summed E-state index contributed by atoms with van der Waals surface area (Å²) in [5.74, 6) is 0.494. The number of hydrogen-bond acceptors (Lipinski definition) is 3. The fraction of sp³-hybridized carbons (Fsp3) is 0.474. The summed E-state index contributed by atoms with van der Waals surface area (Å²) < 4.78 is 0. The Hall–Kier alpha value is -2.14. The van der Waals surface area contributed by atoms with Gasteiger partial charge in [0.1, 0.15) is 0 Å². The normalized spacial score (nSPS) is 20.8. The molecule has 5 heteroatoms. The number of rotatable bonds is 5. The first-order valence-corrected chi connectivity index (χ1v) is 8.90. The maximum Gasteiger partial charge on any atom is 0.227 e. The molecule has 2 fully saturated rings. The summed E-state index contributed by atoms with van der Waals surface area (Å²) in [4.78, 5) is 15.0. The number of nitrogens with zero attached hydrogens (tertiary/aromatic N) is 2. The molecule has 2 aromatic rings. The summed E-state index contributed by atoms with van der Waals surface area (Å²) in [6.07, 6.45) is 8.15. The Morgan fingerprint density at radius 3 is 2.62 bits per heavy atom. The molecule has 1 amide bonds. The minimum absolute atomic E-state index is 0.157. The van der Waals surface area contributed by atoms with E-state index in [-0.39, 0.29) is 5.92 Å². The number of benzene rings is 1. The van der Waals surface area contributed by atoms with Crippen LogP contribution in [0.3, 0.4) is 0 Å². The van der Waals surface area contributed by atoms with E-state index in [0.29, 0.717) is 11.9 Å². The van der Waals surface area contributed by atoms with Crippen molar-refractivity contribution in [1.29, 1.82) is 0 Å². The Morgan fingerprint density at radius 2 is 2.00 bits per heavy atom. The molecule has 1 atom stereocenters. The van der Waals surface area contributed by atoms with Crippen molar-refractivity contribution in [2.45, 2.75) is 38.3 Å². The van der Waals surface area contributed by atoms with Crippen molar-refractivity contribution in [3.05, 3.63) is 42.2 Å². The first-order valence-electron chi connectivity index (χ1n) is 8.90. The van der Waals surface area contributed by atoms with Crippen molar-refractivity contribution in [1.82, 2.24) is 20.4 Å². The molecule has 4 rings (SSSR count). The number of carbonyl (C=O) groups excluding carboxylic acids is 1. The summed E-state index contributed by atoms with van der Waals surface area (Å²) in [7, 11) is 0. The van der Waals surface area contributed by atoms with Gasteiger partial charge in [-0.15, -0.1) is 0 Å². The van der Waals surface area contributed by atoms with Crippen LogP contribution < -0.4 is 5.32 Å². The van der Waals surface area contributed by atoms with E-state index in [4.69, 9.17) is 0 Å². The van der Waals surface area contributed by atoms with E-state index < -0.39 is 0 Å². The minimum Gasteiger partial charge on any atom is -0.335 e. The third-order valence-electron chi connectivity index (χ3n) is 5.06. The van der Waals surface area contributed by atoms with Crippen molar-refractivity contribution in [3.63, 3.8) is 0 Å². The third kappa shape index (κ3) is 3.36. The summed E-state index contributed by atoms with van der Waals surface area (Å²) in [5, 5.41) is 10.2. The van der Waals surface area contributed by atoms with Crippen molar-refractivity contribution in [3.8, 4) is 11.1 Å². The van der Waals surface area contributed by atoms with E-state index in [0.717, 1.165) is 56.4 Å². The Labute approximate surface area is 142 Å². The maximum absolute atomic E-state index is 12.9. The van der Waals surface area contributed by atoms with Gasteiger partial charge in [-0.25, -0.2) is 0 Å². The highest BCUT2D eigenvalue weighted by Gasteiger charge is 2.36. The second-order valence-electron chi connectivity index (χ2n) is 6.92. The molecule has 126 valence electrons. The van der Waals surface area contributed by atoms with Gasteiger partial charge in [0.2, 0.25) is 5.91 Å². The van der Waals surface area contributed by atoms with Crippen LogP contribution in [0.25, 0.3) is 11.1 Å². The standard InChI is InChI=1S/C19H24N4O/c24-19(16-2-1-9-20-10-16)23(18-7-8-18)13-14-3-5-15(6-4-14)17-11-21-22-12-17/h3-6,11-12,16,18,20H,1-2,7-10,13H2,(H,21,22)/t16-/m1/s1. The van der Waals surface area contributed by atoms with Crippen LogP contribution in [0.2, 0.25) is 0 Å². The Bertz CT molecular complexity index is 670. The molecule has 1 aliphatic carbocycles. The Morgan fingerprint density at radius 1 is 1.17 bits per heavy atom. The molecular weight excluding hydrogens is 300 g/mol. The number of nitrogens with one attached hydrogen (secondary N) is 2. The van der Waals surface area contributed by atoms with Crippen LogP contribution >= 0.6 is 0 Å². The van der Waals surface area contributed by atoms with E-state index in [9.17, 15) is 4.79 Å². The molecule has 24 heavy (non-hydrogen) atoms. The highest BCUT2D eigenvalue weighted by Crippen LogP contribution is 2.31. The fourth-order valence-electron chi connectivity index (χ4n) is 3.48. The van der Waals surface area contributed by atoms with E-state index >= 15 is 0 Å². The van der Waals surface area contributed by atoms with E-state index in [2.05, 4.69) is 44.7 Å². The molecule has 0 bridgehead atoms. The van der Waals surface area contributed by atoms with Gasteiger partial charge in [-0.05, 0) is 43.4 Å². The number of piperidine rings is 1. The number of aromatic amines is 1.